The smallest absolute Gasteiger partial charge is 0.0700 e. The Morgan fingerprint density at radius 3 is 2.58 bits per heavy atom. The highest BCUT2D eigenvalue weighted by Crippen LogP contribution is 2.18. The zero-order chi connectivity index (χ0) is 13.8. The summed E-state index contributed by atoms with van der Waals surface area (Å²) in [5.74, 6) is 0.983. The van der Waals surface area contributed by atoms with Crippen molar-refractivity contribution in [3.05, 3.63) is 29.8 Å². The van der Waals surface area contributed by atoms with Crippen LogP contribution in [0.5, 0.6) is 0 Å². The standard InChI is InChI=1S/C15H25NO2S/c1-3-8-16-13-14-4-6-15(7-5-14)19-12-11-18-10-9-17-2/h4-7,16H,3,8-13H2,1-2H3. The van der Waals surface area contributed by atoms with Gasteiger partial charge in [-0.3, -0.25) is 0 Å². The number of thioether (sulfide) groups is 1. The molecule has 1 rings (SSSR count). The number of nitrogens with one attached hydrogen (secondary N) is 1. The summed E-state index contributed by atoms with van der Waals surface area (Å²) in [6, 6.07) is 8.75. The van der Waals surface area contributed by atoms with Gasteiger partial charge in [0.05, 0.1) is 19.8 Å². The van der Waals surface area contributed by atoms with Gasteiger partial charge in [0.15, 0.2) is 0 Å². The van der Waals surface area contributed by atoms with E-state index in [1.54, 1.807) is 7.11 Å². The SMILES string of the molecule is CCCNCc1ccc(SCCOCCOC)cc1. The summed E-state index contributed by atoms with van der Waals surface area (Å²) >= 11 is 1.83. The van der Waals surface area contributed by atoms with Crippen molar-refractivity contribution in [3.8, 4) is 0 Å². The van der Waals surface area contributed by atoms with Gasteiger partial charge in [-0.2, -0.15) is 0 Å². The molecule has 0 unspecified atom stereocenters. The fourth-order valence-electron chi connectivity index (χ4n) is 1.58. The zero-order valence-corrected chi connectivity index (χ0v) is 12.8. The molecule has 1 aromatic rings. The van der Waals surface area contributed by atoms with Gasteiger partial charge < -0.3 is 14.8 Å². The number of rotatable bonds is 11. The van der Waals surface area contributed by atoms with Crippen molar-refractivity contribution in [3.63, 3.8) is 0 Å². The van der Waals surface area contributed by atoms with Crippen LogP contribution in [-0.4, -0.2) is 39.2 Å². The molecule has 0 spiro atoms. The van der Waals surface area contributed by atoms with E-state index in [4.69, 9.17) is 9.47 Å². The highest BCUT2D eigenvalue weighted by Gasteiger charge is 1.96. The van der Waals surface area contributed by atoms with E-state index in [9.17, 15) is 0 Å². The van der Waals surface area contributed by atoms with E-state index in [-0.39, 0.29) is 0 Å². The molecular weight excluding hydrogens is 258 g/mol. The maximum absolute atomic E-state index is 5.43. The fraction of sp³-hybridized carbons (Fsp3) is 0.600. The Balaban J connectivity index is 2.13. The Labute approximate surface area is 121 Å². The lowest BCUT2D eigenvalue weighted by Crippen LogP contribution is -2.13. The normalized spacial score (nSPS) is 10.8. The number of methoxy groups -OCH3 is 1. The van der Waals surface area contributed by atoms with Gasteiger partial charge >= 0.3 is 0 Å². The second kappa shape index (κ2) is 11.3. The van der Waals surface area contributed by atoms with Crippen molar-refractivity contribution in [2.24, 2.45) is 0 Å². The van der Waals surface area contributed by atoms with Crippen LogP contribution in [0.25, 0.3) is 0 Å². The van der Waals surface area contributed by atoms with Gasteiger partial charge in [-0.25, -0.2) is 0 Å². The van der Waals surface area contributed by atoms with Gasteiger partial charge in [-0.05, 0) is 30.7 Å². The summed E-state index contributed by atoms with van der Waals surface area (Å²) in [6.07, 6.45) is 1.18. The highest BCUT2D eigenvalue weighted by atomic mass is 32.2. The van der Waals surface area contributed by atoms with Crippen LogP contribution in [0.2, 0.25) is 0 Å². The topological polar surface area (TPSA) is 30.5 Å². The van der Waals surface area contributed by atoms with E-state index in [1.807, 2.05) is 11.8 Å². The van der Waals surface area contributed by atoms with Gasteiger partial charge in [0.1, 0.15) is 0 Å². The summed E-state index contributed by atoms with van der Waals surface area (Å²) in [5.41, 5.74) is 1.34. The summed E-state index contributed by atoms with van der Waals surface area (Å²) < 4.78 is 10.4. The lowest BCUT2D eigenvalue weighted by molar-refractivity contribution is 0.0790. The molecule has 0 saturated carbocycles. The molecule has 1 aromatic carbocycles. The van der Waals surface area contributed by atoms with Crippen LogP contribution >= 0.6 is 11.8 Å². The maximum Gasteiger partial charge on any atom is 0.0700 e. The summed E-state index contributed by atoms with van der Waals surface area (Å²) in [7, 11) is 1.69. The van der Waals surface area contributed by atoms with E-state index >= 15 is 0 Å². The molecule has 0 aliphatic rings. The zero-order valence-electron chi connectivity index (χ0n) is 12.0. The third-order valence-electron chi connectivity index (χ3n) is 2.61. The molecule has 3 nitrogen and oxygen atoms in total. The molecule has 108 valence electrons. The molecule has 0 fully saturated rings. The molecule has 0 saturated heterocycles. The predicted molar refractivity (Wildman–Crippen MR) is 81.9 cm³/mol. The molecule has 0 amide bonds. The number of hydrogen-bond donors (Lipinski definition) is 1. The molecule has 0 radical (unpaired) electrons. The average Bonchev–Trinajstić information content (AvgIpc) is 2.44. The number of hydrogen-bond acceptors (Lipinski definition) is 4. The van der Waals surface area contributed by atoms with Crippen molar-refractivity contribution in [1.82, 2.24) is 5.32 Å². The van der Waals surface area contributed by atoms with Crippen LogP contribution < -0.4 is 5.32 Å². The first kappa shape index (κ1) is 16.5. The Morgan fingerprint density at radius 2 is 1.89 bits per heavy atom. The van der Waals surface area contributed by atoms with Crippen molar-refractivity contribution in [1.29, 1.82) is 0 Å². The van der Waals surface area contributed by atoms with E-state index in [2.05, 4.69) is 36.5 Å². The fourth-order valence-corrected chi connectivity index (χ4v) is 2.34. The third kappa shape index (κ3) is 8.26. The molecule has 0 atom stereocenters. The molecule has 19 heavy (non-hydrogen) atoms. The Bertz CT molecular complexity index is 316. The minimum Gasteiger partial charge on any atom is -0.382 e. The summed E-state index contributed by atoms with van der Waals surface area (Å²) in [5, 5.41) is 3.40. The molecule has 4 heteroatoms. The Hall–Kier alpha value is -0.550. The van der Waals surface area contributed by atoms with Crippen LogP contribution in [0.4, 0.5) is 0 Å². The second-order valence-electron chi connectivity index (χ2n) is 4.27. The number of ether oxygens (including phenoxy) is 2. The van der Waals surface area contributed by atoms with Crippen molar-refractivity contribution in [2.45, 2.75) is 24.8 Å². The molecular formula is C15H25NO2S. The van der Waals surface area contributed by atoms with Gasteiger partial charge in [-0.1, -0.05) is 19.1 Å². The minimum atomic E-state index is 0.671. The van der Waals surface area contributed by atoms with E-state index in [0.717, 1.165) is 25.4 Å². The quantitative estimate of drug-likeness (QED) is 0.500. The molecule has 0 aromatic heterocycles. The first-order valence-corrected chi connectivity index (χ1v) is 7.84. The number of benzene rings is 1. The van der Waals surface area contributed by atoms with Gasteiger partial charge in [0.2, 0.25) is 0 Å². The van der Waals surface area contributed by atoms with Gasteiger partial charge in [0, 0.05) is 24.3 Å². The lowest BCUT2D eigenvalue weighted by atomic mass is 10.2. The van der Waals surface area contributed by atoms with Gasteiger partial charge in [-0.15, -0.1) is 11.8 Å². The van der Waals surface area contributed by atoms with Crippen LogP contribution in [0.15, 0.2) is 29.2 Å². The average molecular weight is 283 g/mol. The minimum absolute atomic E-state index is 0.671. The van der Waals surface area contributed by atoms with Crippen LogP contribution in [0.1, 0.15) is 18.9 Å². The van der Waals surface area contributed by atoms with Crippen molar-refractivity contribution in [2.75, 3.05) is 39.2 Å². The van der Waals surface area contributed by atoms with Crippen molar-refractivity contribution < 1.29 is 9.47 Å². The first-order chi connectivity index (χ1) is 9.36. The largest absolute Gasteiger partial charge is 0.382 e. The van der Waals surface area contributed by atoms with Gasteiger partial charge in [0.25, 0.3) is 0 Å². The van der Waals surface area contributed by atoms with Crippen molar-refractivity contribution >= 4 is 11.8 Å². The third-order valence-corrected chi connectivity index (χ3v) is 3.58. The molecule has 1 N–H and O–H groups in total. The maximum atomic E-state index is 5.43. The first-order valence-electron chi connectivity index (χ1n) is 6.86. The Morgan fingerprint density at radius 1 is 1.11 bits per heavy atom. The van der Waals surface area contributed by atoms with Crippen LogP contribution in [0, 0.1) is 0 Å². The van der Waals surface area contributed by atoms with Crippen LogP contribution in [-0.2, 0) is 16.0 Å². The Kier molecular flexibility index (Phi) is 9.81. The van der Waals surface area contributed by atoms with Crippen LogP contribution in [0.3, 0.4) is 0 Å². The molecule has 0 heterocycles. The van der Waals surface area contributed by atoms with E-state index in [0.29, 0.717) is 13.2 Å². The lowest BCUT2D eigenvalue weighted by Gasteiger charge is -2.06. The monoisotopic (exact) mass is 283 g/mol. The second-order valence-corrected chi connectivity index (χ2v) is 5.44. The van der Waals surface area contributed by atoms with E-state index in [1.165, 1.54) is 16.9 Å². The predicted octanol–water partition coefficient (Wildman–Crippen LogP) is 2.94. The molecule has 0 aliphatic carbocycles. The van der Waals surface area contributed by atoms with E-state index < -0.39 is 0 Å². The summed E-state index contributed by atoms with van der Waals surface area (Å²) in [6.45, 7) is 6.34. The molecule has 0 bridgehead atoms. The summed E-state index contributed by atoms with van der Waals surface area (Å²) in [4.78, 5) is 1.30. The highest BCUT2D eigenvalue weighted by molar-refractivity contribution is 7.99. The molecule has 0 aliphatic heterocycles.